The highest BCUT2D eigenvalue weighted by Crippen LogP contribution is 2.45. The highest BCUT2D eigenvalue weighted by molar-refractivity contribution is 5.98. The van der Waals surface area contributed by atoms with Gasteiger partial charge >= 0.3 is 0 Å². The summed E-state index contributed by atoms with van der Waals surface area (Å²) in [5, 5.41) is 0.521. The Bertz CT molecular complexity index is 1300. The largest absolute Gasteiger partial charge is 0.454 e. The van der Waals surface area contributed by atoms with Gasteiger partial charge in [-0.3, -0.25) is 14.5 Å². The van der Waals surface area contributed by atoms with E-state index in [0.29, 0.717) is 41.3 Å². The van der Waals surface area contributed by atoms with Crippen LogP contribution in [-0.4, -0.2) is 58.8 Å². The topological polar surface area (TPSA) is 64.0 Å². The van der Waals surface area contributed by atoms with E-state index in [9.17, 15) is 9.59 Å². The number of hydrogen-bond donors (Lipinski definition) is 0. The van der Waals surface area contributed by atoms with E-state index < -0.39 is 0 Å². The molecular formula is C28H33N3O4. The first-order chi connectivity index (χ1) is 17.1. The summed E-state index contributed by atoms with van der Waals surface area (Å²) in [6.45, 7) is 5.82. The Hall–Kier alpha value is -2.80. The summed E-state index contributed by atoms with van der Waals surface area (Å²) in [6, 6.07) is 4.41. The zero-order chi connectivity index (χ0) is 23.7. The molecule has 5 heterocycles. The molecule has 4 aliphatic heterocycles. The number of fused-ring (bicyclic) bond motifs is 8. The summed E-state index contributed by atoms with van der Waals surface area (Å²) < 4.78 is 13.1. The van der Waals surface area contributed by atoms with Crippen molar-refractivity contribution >= 4 is 16.8 Å². The number of benzene rings is 1. The smallest absolute Gasteiger partial charge is 0.259 e. The third-order valence-electron chi connectivity index (χ3n) is 9.06. The van der Waals surface area contributed by atoms with Crippen LogP contribution in [0, 0.1) is 11.8 Å². The molecular weight excluding hydrogens is 442 g/mol. The molecule has 4 atom stereocenters. The van der Waals surface area contributed by atoms with Gasteiger partial charge in [0.05, 0.1) is 16.9 Å². The minimum atomic E-state index is -0.211. The maximum absolute atomic E-state index is 14.1. The number of likely N-dealkylation sites (tertiary alicyclic amines) is 1. The molecule has 0 saturated carbocycles. The molecule has 0 unspecified atom stereocenters. The van der Waals surface area contributed by atoms with Gasteiger partial charge < -0.3 is 18.9 Å². The Labute approximate surface area is 205 Å². The Balaban J connectivity index is 1.28. The number of rotatable bonds is 2. The number of hydrogen-bond acceptors (Lipinski definition) is 5. The van der Waals surface area contributed by atoms with E-state index >= 15 is 0 Å². The van der Waals surface area contributed by atoms with Crippen LogP contribution < -0.4 is 14.9 Å². The number of pyridine rings is 1. The van der Waals surface area contributed by atoms with E-state index in [4.69, 9.17) is 9.47 Å². The number of piperidine rings is 3. The second-order valence-corrected chi connectivity index (χ2v) is 10.9. The highest BCUT2D eigenvalue weighted by Gasteiger charge is 2.47. The van der Waals surface area contributed by atoms with E-state index in [-0.39, 0.29) is 29.7 Å². The van der Waals surface area contributed by atoms with Gasteiger partial charge in [-0.25, -0.2) is 0 Å². The molecule has 0 spiro atoms. The quantitative estimate of drug-likeness (QED) is 0.619. The zero-order valence-electron chi connectivity index (χ0n) is 20.4. The van der Waals surface area contributed by atoms with Gasteiger partial charge in [0, 0.05) is 37.9 Å². The normalized spacial score (nSPS) is 29.5. The molecule has 0 N–H and O–H groups in total. The minimum absolute atomic E-state index is 0.119. The predicted molar refractivity (Wildman–Crippen MR) is 133 cm³/mol. The number of carbonyl (C=O) groups is 1. The highest BCUT2D eigenvalue weighted by atomic mass is 16.7. The van der Waals surface area contributed by atoms with Crippen molar-refractivity contribution in [1.29, 1.82) is 0 Å². The van der Waals surface area contributed by atoms with Gasteiger partial charge in [0.1, 0.15) is 5.56 Å². The van der Waals surface area contributed by atoms with Crippen molar-refractivity contribution in [2.24, 2.45) is 11.8 Å². The van der Waals surface area contributed by atoms with Crippen molar-refractivity contribution in [3.63, 3.8) is 0 Å². The zero-order valence-corrected chi connectivity index (χ0v) is 20.4. The molecule has 1 aliphatic carbocycles. The van der Waals surface area contributed by atoms with Gasteiger partial charge in [-0.1, -0.05) is 18.1 Å². The summed E-state index contributed by atoms with van der Waals surface area (Å²) in [5.41, 5.74) is 2.28. The number of ether oxygens (including phenoxy) is 2. The molecule has 3 fully saturated rings. The van der Waals surface area contributed by atoms with E-state index in [1.54, 1.807) is 12.3 Å². The summed E-state index contributed by atoms with van der Waals surface area (Å²) in [5.74, 6) is 2.18. The number of nitrogens with zero attached hydrogens (tertiary/aromatic N) is 3. The van der Waals surface area contributed by atoms with Crippen LogP contribution in [0.2, 0.25) is 0 Å². The molecule has 1 aromatic carbocycles. The summed E-state index contributed by atoms with van der Waals surface area (Å²) >= 11 is 0. The van der Waals surface area contributed by atoms with Crippen molar-refractivity contribution in [2.45, 2.75) is 64.1 Å². The lowest BCUT2D eigenvalue weighted by Crippen LogP contribution is -2.60. The Morgan fingerprint density at radius 1 is 1.11 bits per heavy atom. The molecule has 7 nitrogen and oxygen atoms in total. The van der Waals surface area contributed by atoms with Crippen molar-refractivity contribution < 1.29 is 14.3 Å². The number of carbonyl (C=O) groups excluding carboxylic acids is 1. The van der Waals surface area contributed by atoms with Gasteiger partial charge in [0.2, 0.25) is 12.2 Å². The van der Waals surface area contributed by atoms with E-state index in [1.165, 1.54) is 37.8 Å². The third-order valence-corrected chi connectivity index (χ3v) is 9.06. The fourth-order valence-corrected chi connectivity index (χ4v) is 7.55. The molecule has 1 amide bonds. The monoisotopic (exact) mass is 475 g/mol. The maximum atomic E-state index is 14.1. The number of aryl methyl sites for hydroxylation is 1. The minimum Gasteiger partial charge on any atom is -0.454 e. The van der Waals surface area contributed by atoms with Crippen LogP contribution in [0.25, 0.3) is 10.9 Å². The maximum Gasteiger partial charge on any atom is 0.259 e. The molecule has 184 valence electrons. The average Bonchev–Trinajstić information content (AvgIpc) is 3.35. The molecule has 7 rings (SSSR count). The SMILES string of the molecule is CCn1cc(C(=O)N2CCCC3=C[C@H]4C[C@@H](CN5CCCC[C@@H]45)[C@H]32)c(=O)c2cc3c(cc21)OCO3. The standard InChI is InChI=1S/C28H33N3O4/c1-2-29-15-21(27(32)20-12-24-25(13-23(20)29)35-16-34-24)28(33)31-9-5-6-17-10-18-11-19(26(17)31)14-30-8-4-3-7-22(18)30/h10,12-13,15,18-19,22,26H,2-9,11,14,16H2,1H3/t18-,19-,22-,26-/m0/s1. The Kier molecular flexibility index (Phi) is 4.98. The fraction of sp³-hybridized carbons (Fsp3) is 0.571. The van der Waals surface area contributed by atoms with Gasteiger partial charge in [-0.15, -0.1) is 0 Å². The van der Waals surface area contributed by atoms with Gasteiger partial charge in [0.15, 0.2) is 11.5 Å². The van der Waals surface area contributed by atoms with Gasteiger partial charge in [0.25, 0.3) is 5.91 Å². The third kappa shape index (κ3) is 3.27. The summed E-state index contributed by atoms with van der Waals surface area (Å²) in [7, 11) is 0. The number of aromatic nitrogens is 1. The van der Waals surface area contributed by atoms with Gasteiger partial charge in [-0.2, -0.15) is 0 Å². The molecule has 5 aliphatic rings. The Morgan fingerprint density at radius 3 is 2.83 bits per heavy atom. The van der Waals surface area contributed by atoms with Crippen molar-refractivity contribution in [2.75, 3.05) is 26.4 Å². The van der Waals surface area contributed by atoms with Gasteiger partial charge in [-0.05, 0) is 63.5 Å². The first kappa shape index (κ1) is 21.5. The second-order valence-electron chi connectivity index (χ2n) is 10.9. The lowest BCUT2D eigenvalue weighted by atomic mass is 9.68. The van der Waals surface area contributed by atoms with Crippen LogP contribution in [0.1, 0.15) is 55.8 Å². The average molecular weight is 476 g/mol. The molecule has 3 saturated heterocycles. The fourth-order valence-electron chi connectivity index (χ4n) is 7.55. The lowest BCUT2D eigenvalue weighted by Gasteiger charge is -2.54. The molecule has 35 heavy (non-hydrogen) atoms. The Morgan fingerprint density at radius 2 is 1.97 bits per heavy atom. The number of amides is 1. The predicted octanol–water partition coefficient (Wildman–Crippen LogP) is 3.79. The molecule has 2 aromatic rings. The lowest BCUT2D eigenvalue weighted by molar-refractivity contribution is 0.00142. The van der Waals surface area contributed by atoms with Crippen LogP contribution in [0.15, 0.2) is 34.8 Å². The molecule has 7 heteroatoms. The molecule has 0 radical (unpaired) electrons. The van der Waals surface area contributed by atoms with E-state index in [2.05, 4.69) is 11.0 Å². The molecule has 1 aromatic heterocycles. The van der Waals surface area contributed by atoms with Crippen LogP contribution in [-0.2, 0) is 6.54 Å². The van der Waals surface area contributed by atoms with Crippen LogP contribution in [0.5, 0.6) is 11.5 Å². The van der Waals surface area contributed by atoms with Crippen molar-refractivity contribution in [3.05, 3.63) is 45.8 Å². The first-order valence-corrected chi connectivity index (χ1v) is 13.3. The first-order valence-electron chi connectivity index (χ1n) is 13.3. The van der Waals surface area contributed by atoms with E-state index in [0.717, 1.165) is 31.4 Å². The van der Waals surface area contributed by atoms with Crippen LogP contribution >= 0.6 is 0 Å². The van der Waals surface area contributed by atoms with Crippen molar-refractivity contribution in [3.8, 4) is 11.5 Å². The van der Waals surface area contributed by atoms with Crippen LogP contribution in [0.3, 0.4) is 0 Å². The van der Waals surface area contributed by atoms with E-state index in [1.807, 2.05) is 22.5 Å². The summed E-state index contributed by atoms with van der Waals surface area (Å²) in [6.07, 6.45) is 11.4. The molecule has 2 bridgehead atoms. The second kappa shape index (κ2) is 8.12. The van der Waals surface area contributed by atoms with Crippen LogP contribution in [0.4, 0.5) is 0 Å². The van der Waals surface area contributed by atoms with Crippen molar-refractivity contribution in [1.82, 2.24) is 14.4 Å². The summed E-state index contributed by atoms with van der Waals surface area (Å²) in [4.78, 5) is 32.5.